The van der Waals surface area contributed by atoms with Gasteiger partial charge in [0, 0.05) is 31.7 Å². The maximum absolute atomic E-state index is 13.7. The van der Waals surface area contributed by atoms with Crippen molar-refractivity contribution in [3.63, 3.8) is 0 Å². The monoisotopic (exact) mass is 534 g/mol. The molecule has 1 aliphatic carbocycles. The van der Waals surface area contributed by atoms with Crippen LogP contribution in [0.2, 0.25) is 5.02 Å². The lowest BCUT2D eigenvalue weighted by atomic mass is 9.95. The van der Waals surface area contributed by atoms with E-state index < -0.39 is 28.7 Å². The van der Waals surface area contributed by atoms with Gasteiger partial charge in [-0.2, -0.15) is 12.7 Å². The van der Waals surface area contributed by atoms with E-state index in [-0.39, 0.29) is 18.5 Å². The van der Waals surface area contributed by atoms with E-state index in [1.54, 1.807) is 55.5 Å². The highest BCUT2D eigenvalue weighted by molar-refractivity contribution is 7.90. The van der Waals surface area contributed by atoms with E-state index in [0.29, 0.717) is 16.3 Å². The van der Waals surface area contributed by atoms with Gasteiger partial charge in [0.15, 0.2) is 0 Å². The first-order valence-electron chi connectivity index (χ1n) is 12.2. The Morgan fingerprint density at radius 1 is 1.00 bits per heavy atom. The van der Waals surface area contributed by atoms with Gasteiger partial charge in [-0.15, -0.1) is 0 Å². The molecule has 2 aromatic rings. The summed E-state index contributed by atoms with van der Waals surface area (Å²) in [7, 11) is -1.15. The smallest absolute Gasteiger partial charge is 0.304 e. The summed E-state index contributed by atoms with van der Waals surface area (Å²) in [5.74, 6) is -0.764. The number of para-hydroxylation sites is 1. The molecule has 0 bridgehead atoms. The van der Waals surface area contributed by atoms with E-state index >= 15 is 0 Å². The maximum atomic E-state index is 13.7. The van der Waals surface area contributed by atoms with Crippen molar-refractivity contribution in [3.8, 4) is 0 Å². The zero-order valence-electron chi connectivity index (χ0n) is 21.1. The predicted octanol–water partition coefficient (Wildman–Crippen LogP) is 3.82. The fourth-order valence-electron chi connectivity index (χ4n) is 4.27. The van der Waals surface area contributed by atoms with E-state index in [9.17, 15) is 18.0 Å². The van der Waals surface area contributed by atoms with Gasteiger partial charge in [0.2, 0.25) is 11.8 Å². The quantitative estimate of drug-likeness (QED) is 0.502. The fraction of sp³-hybridized carbons (Fsp3) is 0.462. The summed E-state index contributed by atoms with van der Waals surface area (Å²) in [6.07, 6.45) is 5.13. The number of carbonyl (C=O) groups is 2. The molecule has 1 N–H and O–H groups in total. The van der Waals surface area contributed by atoms with Gasteiger partial charge in [-0.25, -0.2) is 4.31 Å². The molecule has 1 aliphatic rings. The molecule has 2 amide bonds. The molecule has 8 nitrogen and oxygen atoms in total. The third kappa shape index (κ3) is 6.99. The van der Waals surface area contributed by atoms with Crippen LogP contribution in [0.25, 0.3) is 0 Å². The summed E-state index contributed by atoms with van der Waals surface area (Å²) >= 11 is 6.38. The van der Waals surface area contributed by atoms with Crippen molar-refractivity contribution in [2.45, 2.75) is 57.7 Å². The lowest BCUT2D eigenvalue weighted by Crippen LogP contribution is -2.53. The summed E-state index contributed by atoms with van der Waals surface area (Å²) in [5, 5.41) is 3.55. The predicted molar refractivity (Wildman–Crippen MR) is 143 cm³/mol. The van der Waals surface area contributed by atoms with Crippen LogP contribution in [0.4, 0.5) is 5.69 Å². The maximum Gasteiger partial charge on any atom is 0.304 e. The van der Waals surface area contributed by atoms with E-state index in [0.717, 1.165) is 40.7 Å². The minimum atomic E-state index is -3.98. The lowest BCUT2D eigenvalue weighted by Gasteiger charge is -2.34. The minimum Gasteiger partial charge on any atom is -0.352 e. The number of benzene rings is 2. The number of anilines is 1. The Bertz CT molecular complexity index is 1140. The summed E-state index contributed by atoms with van der Waals surface area (Å²) in [5.41, 5.74) is 1.03. The van der Waals surface area contributed by atoms with Crippen molar-refractivity contribution in [3.05, 3.63) is 65.2 Å². The van der Waals surface area contributed by atoms with Gasteiger partial charge in [0.25, 0.3) is 0 Å². The lowest BCUT2D eigenvalue weighted by molar-refractivity contribution is -0.139. The van der Waals surface area contributed by atoms with Crippen LogP contribution in [0.15, 0.2) is 54.6 Å². The zero-order chi connectivity index (χ0) is 26.3. The van der Waals surface area contributed by atoms with Crippen LogP contribution in [0.5, 0.6) is 0 Å². The van der Waals surface area contributed by atoms with Gasteiger partial charge in [-0.1, -0.05) is 67.3 Å². The van der Waals surface area contributed by atoms with Crippen LogP contribution in [0.1, 0.15) is 44.6 Å². The fourth-order valence-corrected chi connectivity index (χ4v) is 5.52. The molecule has 0 aliphatic heterocycles. The molecular weight excluding hydrogens is 500 g/mol. The van der Waals surface area contributed by atoms with Crippen LogP contribution >= 0.6 is 11.6 Å². The highest BCUT2D eigenvalue weighted by atomic mass is 35.5. The molecule has 196 valence electrons. The van der Waals surface area contributed by atoms with E-state index in [1.807, 2.05) is 6.07 Å². The second kappa shape index (κ2) is 12.6. The molecule has 2 aromatic carbocycles. The Hall–Kier alpha value is -2.62. The van der Waals surface area contributed by atoms with Gasteiger partial charge in [-0.05, 0) is 43.5 Å². The van der Waals surface area contributed by atoms with E-state index in [4.69, 9.17) is 11.6 Å². The first-order chi connectivity index (χ1) is 17.1. The highest BCUT2D eigenvalue weighted by Crippen LogP contribution is 2.23. The van der Waals surface area contributed by atoms with Gasteiger partial charge >= 0.3 is 10.2 Å². The first-order valence-corrected chi connectivity index (χ1v) is 14.0. The van der Waals surface area contributed by atoms with Gasteiger partial charge < -0.3 is 10.2 Å². The Balaban J connectivity index is 1.90. The molecule has 0 aromatic heterocycles. The Morgan fingerprint density at radius 2 is 1.61 bits per heavy atom. The van der Waals surface area contributed by atoms with Crippen molar-refractivity contribution >= 4 is 39.3 Å². The van der Waals surface area contributed by atoms with Gasteiger partial charge in [-0.3, -0.25) is 9.59 Å². The SMILES string of the molecule is C[C@@H](C(=O)NC1CCCCC1)N(Cc1ccccc1Cl)C(=O)CN(c1ccccc1)S(=O)(=O)N(C)C. The molecule has 0 radical (unpaired) electrons. The third-order valence-corrected chi connectivity index (χ3v) is 8.67. The number of nitrogens with one attached hydrogen (secondary N) is 1. The van der Waals surface area contributed by atoms with Crippen LogP contribution < -0.4 is 9.62 Å². The van der Waals surface area contributed by atoms with Crippen LogP contribution in [0.3, 0.4) is 0 Å². The molecule has 0 unspecified atom stereocenters. The van der Waals surface area contributed by atoms with Crippen LogP contribution in [-0.2, 0) is 26.3 Å². The normalized spacial score (nSPS) is 15.4. The van der Waals surface area contributed by atoms with Crippen molar-refractivity contribution in [2.24, 2.45) is 0 Å². The molecule has 3 rings (SSSR count). The Labute approximate surface area is 219 Å². The van der Waals surface area contributed by atoms with Gasteiger partial charge in [0.1, 0.15) is 12.6 Å². The first kappa shape index (κ1) is 28.0. The highest BCUT2D eigenvalue weighted by Gasteiger charge is 2.33. The van der Waals surface area contributed by atoms with E-state index in [1.165, 1.54) is 19.0 Å². The average molecular weight is 535 g/mol. The molecule has 10 heteroatoms. The number of amides is 2. The summed E-state index contributed by atoms with van der Waals surface area (Å²) < 4.78 is 28.4. The molecule has 1 atom stereocenters. The molecular formula is C26H35ClN4O4S. The topological polar surface area (TPSA) is 90.0 Å². The number of halogens is 1. The average Bonchev–Trinajstić information content (AvgIpc) is 2.87. The number of carbonyl (C=O) groups excluding carboxylic acids is 2. The van der Waals surface area contributed by atoms with Crippen LogP contribution in [-0.4, -0.2) is 62.2 Å². The molecule has 1 saturated carbocycles. The van der Waals surface area contributed by atoms with Crippen LogP contribution in [0, 0.1) is 0 Å². The number of hydrogen-bond acceptors (Lipinski definition) is 4. The summed E-state index contributed by atoms with van der Waals surface area (Å²) in [4.78, 5) is 28.3. The van der Waals surface area contributed by atoms with Crippen molar-refractivity contribution in [1.82, 2.24) is 14.5 Å². The van der Waals surface area contributed by atoms with Crippen molar-refractivity contribution in [2.75, 3.05) is 24.9 Å². The number of nitrogens with zero attached hydrogens (tertiary/aromatic N) is 3. The Kier molecular flexibility index (Phi) is 9.76. The third-order valence-electron chi connectivity index (χ3n) is 6.48. The van der Waals surface area contributed by atoms with Crippen molar-refractivity contribution < 1.29 is 18.0 Å². The largest absolute Gasteiger partial charge is 0.352 e. The summed E-state index contributed by atoms with van der Waals surface area (Å²) in [6, 6.07) is 14.8. The zero-order valence-corrected chi connectivity index (χ0v) is 22.6. The second-order valence-corrected chi connectivity index (χ2v) is 11.7. The Morgan fingerprint density at radius 3 is 2.22 bits per heavy atom. The molecule has 0 saturated heterocycles. The standard InChI is InChI=1S/C26H35ClN4O4S/c1-20(26(33)28-22-13-6-4-7-14-22)30(18-21-12-10-11-17-24(21)27)25(32)19-31(36(34,35)29(2)3)23-15-8-5-9-16-23/h5,8-12,15-17,20,22H,4,6-7,13-14,18-19H2,1-3H3,(H,28,33)/t20-/m0/s1. The minimum absolute atomic E-state index is 0.0718. The molecule has 0 spiro atoms. The number of hydrogen-bond donors (Lipinski definition) is 1. The van der Waals surface area contributed by atoms with Crippen molar-refractivity contribution in [1.29, 1.82) is 0 Å². The van der Waals surface area contributed by atoms with Gasteiger partial charge in [0.05, 0.1) is 5.69 Å². The van der Waals surface area contributed by atoms with E-state index in [2.05, 4.69) is 5.32 Å². The molecule has 0 heterocycles. The second-order valence-electron chi connectivity index (χ2n) is 9.26. The number of rotatable bonds is 10. The molecule has 36 heavy (non-hydrogen) atoms. The molecule has 1 fully saturated rings. The summed E-state index contributed by atoms with van der Waals surface area (Å²) in [6.45, 7) is 1.28.